The van der Waals surface area contributed by atoms with E-state index in [9.17, 15) is 9.59 Å². The van der Waals surface area contributed by atoms with Crippen LogP contribution in [0.15, 0.2) is 12.4 Å². The summed E-state index contributed by atoms with van der Waals surface area (Å²) in [7, 11) is 0. The first-order chi connectivity index (χ1) is 12.1. The van der Waals surface area contributed by atoms with Crippen molar-refractivity contribution in [2.75, 3.05) is 6.54 Å². The highest BCUT2D eigenvalue weighted by molar-refractivity contribution is 6.04. The average Bonchev–Trinajstić information content (AvgIpc) is 3.17. The molecule has 0 N–H and O–H groups in total. The molecule has 0 aliphatic carbocycles. The summed E-state index contributed by atoms with van der Waals surface area (Å²) in [6.45, 7) is 7.06. The second-order valence-corrected chi connectivity index (χ2v) is 7.19. The van der Waals surface area contributed by atoms with Gasteiger partial charge >= 0.3 is 0 Å². The number of likely N-dealkylation sites (tertiary alicyclic amines) is 1. The third-order valence-corrected chi connectivity index (χ3v) is 5.29. The van der Waals surface area contributed by atoms with Crippen molar-refractivity contribution in [2.24, 2.45) is 5.92 Å². The predicted octanol–water partition coefficient (Wildman–Crippen LogP) is 4.13. The fourth-order valence-electron chi connectivity index (χ4n) is 3.60. The Hall–Kier alpha value is -1.65. The largest absolute Gasteiger partial charge is 0.322 e. The Balaban J connectivity index is 2.04. The lowest BCUT2D eigenvalue weighted by Crippen LogP contribution is -2.35. The smallest absolute Gasteiger partial charge is 0.252 e. The molecule has 2 unspecified atom stereocenters. The lowest BCUT2D eigenvalue weighted by atomic mass is 9.99. The van der Waals surface area contributed by atoms with E-state index >= 15 is 0 Å². The number of amides is 2. The van der Waals surface area contributed by atoms with Crippen LogP contribution >= 0.6 is 0 Å². The van der Waals surface area contributed by atoms with Crippen LogP contribution in [0.4, 0.5) is 0 Å². The summed E-state index contributed by atoms with van der Waals surface area (Å²) < 4.78 is 1.93. The molecule has 1 aromatic heterocycles. The highest BCUT2D eigenvalue weighted by Gasteiger charge is 2.40. The molecule has 2 amide bonds. The predicted molar refractivity (Wildman–Crippen MR) is 99.1 cm³/mol. The van der Waals surface area contributed by atoms with Crippen molar-refractivity contribution in [3.63, 3.8) is 0 Å². The van der Waals surface area contributed by atoms with Gasteiger partial charge in [-0.25, -0.2) is 4.98 Å². The third-order valence-electron chi connectivity index (χ3n) is 5.29. The van der Waals surface area contributed by atoms with E-state index in [0.29, 0.717) is 12.5 Å². The van der Waals surface area contributed by atoms with Gasteiger partial charge in [-0.1, -0.05) is 52.9 Å². The van der Waals surface area contributed by atoms with Crippen molar-refractivity contribution in [1.29, 1.82) is 0 Å². The Morgan fingerprint density at radius 1 is 1.16 bits per heavy atom. The molecule has 0 spiro atoms. The van der Waals surface area contributed by atoms with Crippen molar-refractivity contribution in [3.8, 4) is 0 Å². The summed E-state index contributed by atoms with van der Waals surface area (Å²) in [6, 6.07) is -0.393. The van der Waals surface area contributed by atoms with Crippen molar-refractivity contribution in [2.45, 2.75) is 84.6 Å². The molecular weight excluding hydrogens is 314 g/mol. The van der Waals surface area contributed by atoms with Crippen LogP contribution in [0.5, 0.6) is 0 Å². The Morgan fingerprint density at radius 3 is 2.60 bits per heavy atom. The Kier molecular flexibility index (Phi) is 7.66. The topological polar surface area (TPSA) is 55.2 Å². The van der Waals surface area contributed by atoms with Crippen molar-refractivity contribution in [1.82, 2.24) is 14.5 Å². The molecule has 5 heteroatoms. The van der Waals surface area contributed by atoms with E-state index < -0.39 is 6.04 Å². The Bertz CT molecular complexity index is 567. The lowest BCUT2D eigenvalue weighted by Gasteiger charge is -2.22. The quantitative estimate of drug-likeness (QED) is 0.447. The van der Waals surface area contributed by atoms with E-state index in [1.165, 1.54) is 4.90 Å². The second-order valence-electron chi connectivity index (χ2n) is 7.19. The second kappa shape index (κ2) is 9.73. The molecule has 2 atom stereocenters. The highest BCUT2D eigenvalue weighted by atomic mass is 16.2. The van der Waals surface area contributed by atoms with Gasteiger partial charge in [0, 0.05) is 25.4 Å². The third kappa shape index (κ3) is 4.93. The fraction of sp³-hybridized carbons (Fsp3) is 0.750. The number of aromatic nitrogens is 2. The maximum atomic E-state index is 12.9. The van der Waals surface area contributed by atoms with Crippen LogP contribution in [-0.4, -0.2) is 32.8 Å². The van der Waals surface area contributed by atoms with Crippen LogP contribution in [-0.2, 0) is 16.0 Å². The number of hydrogen-bond acceptors (Lipinski definition) is 3. The number of aryl methyl sites for hydroxylation is 1. The number of imide groups is 1. The normalized spacial score (nSPS) is 19.0. The number of nitrogens with zero attached hydrogens (tertiary/aromatic N) is 3. The van der Waals surface area contributed by atoms with Gasteiger partial charge in [0.15, 0.2) is 0 Å². The van der Waals surface area contributed by atoms with E-state index in [2.05, 4.69) is 25.8 Å². The van der Waals surface area contributed by atoms with Crippen molar-refractivity contribution >= 4 is 11.8 Å². The molecule has 1 aromatic rings. The first kappa shape index (κ1) is 19.7. The molecule has 140 valence electrons. The van der Waals surface area contributed by atoms with Crippen LogP contribution < -0.4 is 0 Å². The molecule has 0 radical (unpaired) electrons. The zero-order valence-electron chi connectivity index (χ0n) is 16.0. The minimum atomic E-state index is -0.393. The van der Waals surface area contributed by atoms with Gasteiger partial charge in [0.05, 0.1) is 6.42 Å². The summed E-state index contributed by atoms with van der Waals surface area (Å²) in [4.78, 5) is 31.3. The molecule has 2 heterocycles. The van der Waals surface area contributed by atoms with Gasteiger partial charge in [0.2, 0.25) is 5.91 Å². The molecule has 0 saturated carbocycles. The van der Waals surface area contributed by atoms with Gasteiger partial charge in [-0.2, -0.15) is 0 Å². The molecule has 1 aliphatic rings. The van der Waals surface area contributed by atoms with Crippen LogP contribution in [0, 0.1) is 5.92 Å². The molecule has 0 bridgehead atoms. The van der Waals surface area contributed by atoms with Gasteiger partial charge < -0.3 is 4.57 Å². The molecule has 1 fully saturated rings. The lowest BCUT2D eigenvalue weighted by molar-refractivity contribution is -0.140. The van der Waals surface area contributed by atoms with Crippen LogP contribution in [0.1, 0.15) is 84.0 Å². The minimum absolute atomic E-state index is 0.0295. The summed E-state index contributed by atoms with van der Waals surface area (Å²) in [5, 5.41) is 0. The zero-order chi connectivity index (χ0) is 18.2. The van der Waals surface area contributed by atoms with Gasteiger partial charge in [-0.05, 0) is 18.8 Å². The zero-order valence-corrected chi connectivity index (χ0v) is 16.0. The maximum absolute atomic E-state index is 12.9. The number of carbonyl (C=O) groups is 2. The molecule has 25 heavy (non-hydrogen) atoms. The number of rotatable bonds is 11. The molecular formula is C20H33N3O2. The Morgan fingerprint density at radius 2 is 1.92 bits per heavy atom. The minimum Gasteiger partial charge on any atom is -0.322 e. The average molecular weight is 348 g/mol. The van der Waals surface area contributed by atoms with Gasteiger partial charge in [0.1, 0.15) is 11.9 Å². The van der Waals surface area contributed by atoms with E-state index in [0.717, 1.165) is 57.2 Å². The van der Waals surface area contributed by atoms with E-state index in [4.69, 9.17) is 0 Å². The van der Waals surface area contributed by atoms with Gasteiger partial charge in [-0.3, -0.25) is 14.5 Å². The maximum Gasteiger partial charge on any atom is 0.252 e. The van der Waals surface area contributed by atoms with Crippen LogP contribution in [0.3, 0.4) is 0 Å². The molecule has 1 saturated heterocycles. The monoisotopic (exact) mass is 347 g/mol. The van der Waals surface area contributed by atoms with Crippen LogP contribution in [0.25, 0.3) is 0 Å². The molecule has 5 nitrogen and oxygen atoms in total. The van der Waals surface area contributed by atoms with Gasteiger partial charge in [-0.15, -0.1) is 0 Å². The standard InChI is InChI=1S/C20H33N3O2/c1-4-7-9-11-18-21-12-13-22(18)17-14-19(24)23(20(17)25)15-16(6-3)10-8-5-2/h12-13,16-17H,4-11,14-15H2,1-3H3. The van der Waals surface area contributed by atoms with E-state index in [-0.39, 0.29) is 18.2 Å². The number of unbranched alkanes of at least 4 members (excludes halogenated alkanes) is 3. The molecule has 2 rings (SSSR count). The van der Waals surface area contributed by atoms with E-state index in [1.807, 2.05) is 10.8 Å². The number of hydrogen-bond donors (Lipinski definition) is 0. The molecule has 0 aromatic carbocycles. The van der Waals surface area contributed by atoms with Gasteiger partial charge in [0.25, 0.3) is 5.91 Å². The Labute approximate surface area is 151 Å². The summed E-state index contributed by atoms with van der Waals surface area (Å²) in [5.74, 6) is 1.27. The first-order valence-electron chi connectivity index (χ1n) is 9.98. The summed E-state index contributed by atoms with van der Waals surface area (Å²) in [6.07, 6.45) is 12.5. The van der Waals surface area contributed by atoms with Crippen molar-refractivity contribution in [3.05, 3.63) is 18.2 Å². The summed E-state index contributed by atoms with van der Waals surface area (Å²) >= 11 is 0. The van der Waals surface area contributed by atoms with E-state index in [1.54, 1.807) is 6.20 Å². The fourth-order valence-corrected chi connectivity index (χ4v) is 3.60. The number of imidazole rings is 1. The summed E-state index contributed by atoms with van der Waals surface area (Å²) in [5.41, 5.74) is 0. The molecule has 1 aliphatic heterocycles. The van der Waals surface area contributed by atoms with Crippen LogP contribution in [0.2, 0.25) is 0 Å². The van der Waals surface area contributed by atoms with Crippen molar-refractivity contribution < 1.29 is 9.59 Å². The highest BCUT2D eigenvalue weighted by Crippen LogP contribution is 2.28. The SMILES string of the molecule is CCCCCc1nccn1C1CC(=O)N(CC(CC)CCCC)C1=O. The first-order valence-corrected chi connectivity index (χ1v) is 9.98. The number of carbonyl (C=O) groups excluding carboxylic acids is 2.